The van der Waals surface area contributed by atoms with Gasteiger partial charge in [0.1, 0.15) is 11.6 Å². The van der Waals surface area contributed by atoms with Crippen LogP contribution < -0.4 is 10.1 Å². The van der Waals surface area contributed by atoms with E-state index in [0.29, 0.717) is 0 Å². The van der Waals surface area contributed by atoms with E-state index in [9.17, 15) is 0 Å². The van der Waals surface area contributed by atoms with E-state index in [4.69, 9.17) is 4.74 Å². The lowest BCUT2D eigenvalue weighted by molar-refractivity contribution is 0.408. The molecule has 1 heterocycles. The Kier molecular flexibility index (Phi) is 5.81. The van der Waals surface area contributed by atoms with E-state index < -0.39 is 0 Å². The number of aromatic nitrogens is 2. The van der Waals surface area contributed by atoms with Crippen molar-refractivity contribution in [2.45, 2.75) is 39.8 Å². The molecule has 0 spiro atoms. The van der Waals surface area contributed by atoms with Crippen molar-refractivity contribution in [1.29, 1.82) is 0 Å². The van der Waals surface area contributed by atoms with Gasteiger partial charge in [-0.3, -0.25) is 0 Å². The summed E-state index contributed by atoms with van der Waals surface area (Å²) >= 11 is 0. The normalized spacial score (nSPS) is 10.8. The minimum Gasteiger partial charge on any atom is -0.496 e. The molecule has 0 saturated heterocycles. The molecule has 0 bridgehead atoms. The number of imidazole rings is 1. The molecule has 2 aromatic rings. The highest BCUT2D eigenvalue weighted by Crippen LogP contribution is 2.21. The van der Waals surface area contributed by atoms with E-state index in [1.54, 1.807) is 7.11 Å². The fraction of sp³-hybridized carbons (Fsp3) is 0.471. The summed E-state index contributed by atoms with van der Waals surface area (Å²) in [5, 5.41) is 3.36. The first kappa shape index (κ1) is 15.6. The quantitative estimate of drug-likeness (QED) is 0.811. The van der Waals surface area contributed by atoms with Crippen molar-refractivity contribution in [3.63, 3.8) is 0 Å². The maximum absolute atomic E-state index is 5.43. The molecule has 1 aromatic carbocycles. The number of hydrogen-bond donors (Lipinski definition) is 1. The Bertz CT molecular complexity index is 563. The van der Waals surface area contributed by atoms with Crippen LogP contribution in [0.3, 0.4) is 0 Å². The van der Waals surface area contributed by atoms with Gasteiger partial charge in [-0.05, 0) is 24.6 Å². The van der Waals surface area contributed by atoms with Crippen LogP contribution in [0.5, 0.6) is 5.75 Å². The van der Waals surface area contributed by atoms with Crippen LogP contribution in [0.2, 0.25) is 0 Å². The Balaban J connectivity index is 2.17. The monoisotopic (exact) mass is 287 g/mol. The van der Waals surface area contributed by atoms with Crippen LogP contribution in [0.15, 0.2) is 30.6 Å². The van der Waals surface area contributed by atoms with E-state index in [0.717, 1.165) is 44.0 Å². The van der Waals surface area contributed by atoms with Crippen LogP contribution in [0.4, 0.5) is 0 Å². The van der Waals surface area contributed by atoms with Crippen LogP contribution in [0.25, 0.3) is 0 Å². The predicted octanol–water partition coefficient (Wildman–Crippen LogP) is 3.00. The topological polar surface area (TPSA) is 39.1 Å². The molecule has 0 aliphatic heterocycles. The summed E-state index contributed by atoms with van der Waals surface area (Å²) < 4.78 is 7.66. The van der Waals surface area contributed by atoms with Crippen LogP contribution in [-0.4, -0.2) is 23.2 Å². The molecule has 0 unspecified atom stereocenters. The van der Waals surface area contributed by atoms with Gasteiger partial charge in [0.15, 0.2) is 0 Å². The first-order valence-corrected chi connectivity index (χ1v) is 7.65. The van der Waals surface area contributed by atoms with Gasteiger partial charge in [-0.15, -0.1) is 0 Å². The molecule has 1 N–H and O–H groups in total. The third-order valence-corrected chi connectivity index (χ3v) is 3.54. The lowest BCUT2D eigenvalue weighted by Gasteiger charge is -2.12. The minimum atomic E-state index is 0.830. The summed E-state index contributed by atoms with van der Waals surface area (Å²) in [6, 6.07) is 6.39. The SMILES string of the molecule is CCCn1ccnc1Cc1ccc(OC)c(CNCC)c1. The van der Waals surface area contributed by atoms with E-state index in [1.165, 1.54) is 11.1 Å². The standard InChI is InChI=1S/C17H25N3O/c1-4-9-20-10-8-19-17(20)12-14-6-7-16(21-3)15(11-14)13-18-5-2/h6-8,10-11,18H,4-5,9,12-13H2,1-3H3. The van der Waals surface area contributed by atoms with Crippen LogP contribution in [0.1, 0.15) is 37.2 Å². The van der Waals surface area contributed by atoms with E-state index in [2.05, 4.69) is 53.1 Å². The van der Waals surface area contributed by atoms with Crippen LogP contribution in [-0.2, 0) is 19.5 Å². The summed E-state index contributed by atoms with van der Waals surface area (Å²) in [4.78, 5) is 4.48. The zero-order valence-electron chi connectivity index (χ0n) is 13.2. The Morgan fingerprint density at radius 3 is 2.86 bits per heavy atom. The predicted molar refractivity (Wildman–Crippen MR) is 85.7 cm³/mol. The number of hydrogen-bond acceptors (Lipinski definition) is 3. The number of aryl methyl sites for hydroxylation is 1. The zero-order chi connectivity index (χ0) is 15.1. The summed E-state index contributed by atoms with van der Waals surface area (Å²) in [5.74, 6) is 2.06. The Labute approximate surface area is 127 Å². The third kappa shape index (κ3) is 4.08. The molecule has 0 amide bonds. The molecule has 4 nitrogen and oxygen atoms in total. The number of nitrogens with zero attached hydrogens (tertiary/aromatic N) is 2. The Hall–Kier alpha value is -1.81. The summed E-state index contributed by atoms with van der Waals surface area (Å²) in [5.41, 5.74) is 2.47. The van der Waals surface area contributed by atoms with Gasteiger partial charge in [-0.25, -0.2) is 4.98 Å². The molecule has 21 heavy (non-hydrogen) atoms. The lowest BCUT2D eigenvalue weighted by Crippen LogP contribution is -2.13. The first-order valence-electron chi connectivity index (χ1n) is 7.65. The third-order valence-electron chi connectivity index (χ3n) is 3.54. The molecule has 2 rings (SSSR count). The summed E-state index contributed by atoms with van der Waals surface area (Å²) in [6.45, 7) is 7.10. The Morgan fingerprint density at radius 2 is 2.14 bits per heavy atom. The highest BCUT2D eigenvalue weighted by atomic mass is 16.5. The van der Waals surface area contributed by atoms with Gasteiger partial charge in [0, 0.05) is 37.5 Å². The first-order chi connectivity index (χ1) is 10.3. The fourth-order valence-corrected chi connectivity index (χ4v) is 2.47. The van der Waals surface area contributed by atoms with Crippen LogP contribution in [0, 0.1) is 0 Å². The van der Waals surface area contributed by atoms with Crippen molar-refractivity contribution >= 4 is 0 Å². The van der Waals surface area contributed by atoms with Gasteiger partial charge < -0.3 is 14.6 Å². The minimum absolute atomic E-state index is 0.830. The van der Waals surface area contributed by atoms with Crippen molar-refractivity contribution < 1.29 is 4.74 Å². The van der Waals surface area contributed by atoms with Gasteiger partial charge in [0.25, 0.3) is 0 Å². The molecule has 0 fully saturated rings. The lowest BCUT2D eigenvalue weighted by atomic mass is 10.1. The highest BCUT2D eigenvalue weighted by Gasteiger charge is 2.07. The maximum Gasteiger partial charge on any atom is 0.123 e. The molecule has 0 radical (unpaired) electrons. The van der Waals surface area contributed by atoms with Gasteiger partial charge in [0.05, 0.1) is 7.11 Å². The summed E-state index contributed by atoms with van der Waals surface area (Å²) in [6.07, 6.45) is 5.92. The second kappa shape index (κ2) is 7.84. The van der Waals surface area contributed by atoms with E-state index in [1.807, 2.05) is 6.20 Å². The average Bonchev–Trinajstić information content (AvgIpc) is 2.93. The average molecular weight is 287 g/mol. The Morgan fingerprint density at radius 1 is 1.29 bits per heavy atom. The molecule has 114 valence electrons. The zero-order valence-corrected chi connectivity index (χ0v) is 13.2. The van der Waals surface area contributed by atoms with Crippen molar-refractivity contribution in [2.75, 3.05) is 13.7 Å². The van der Waals surface area contributed by atoms with Gasteiger partial charge in [-0.2, -0.15) is 0 Å². The molecule has 0 aliphatic rings. The number of rotatable bonds is 8. The molecule has 4 heteroatoms. The van der Waals surface area contributed by atoms with Crippen molar-refractivity contribution in [3.8, 4) is 5.75 Å². The molecular formula is C17H25N3O. The molecule has 1 aromatic heterocycles. The van der Waals surface area contributed by atoms with Gasteiger partial charge >= 0.3 is 0 Å². The van der Waals surface area contributed by atoms with Gasteiger partial charge in [0.2, 0.25) is 0 Å². The van der Waals surface area contributed by atoms with E-state index >= 15 is 0 Å². The molecular weight excluding hydrogens is 262 g/mol. The number of ether oxygens (including phenoxy) is 1. The van der Waals surface area contributed by atoms with Gasteiger partial charge in [-0.1, -0.05) is 26.0 Å². The number of methoxy groups -OCH3 is 1. The molecule has 0 saturated carbocycles. The van der Waals surface area contributed by atoms with Crippen molar-refractivity contribution in [3.05, 3.63) is 47.5 Å². The maximum atomic E-state index is 5.43. The largest absolute Gasteiger partial charge is 0.496 e. The highest BCUT2D eigenvalue weighted by molar-refractivity contribution is 5.38. The number of benzene rings is 1. The van der Waals surface area contributed by atoms with E-state index in [-0.39, 0.29) is 0 Å². The molecule has 0 aliphatic carbocycles. The number of nitrogens with one attached hydrogen (secondary N) is 1. The van der Waals surface area contributed by atoms with Crippen molar-refractivity contribution in [1.82, 2.24) is 14.9 Å². The second-order valence-corrected chi connectivity index (χ2v) is 5.14. The molecule has 0 atom stereocenters. The fourth-order valence-electron chi connectivity index (χ4n) is 2.47. The summed E-state index contributed by atoms with van der Waals surface area (Å²) in [7, 11) is 1.72. The second-order valence-electron chi connectivity index (χ2n) is 5.14. The van der Waals surface area contributed by atoms with Crippen LogP contribution >= 0.6 is 0 Å². The smallest absolute Gasteiger partial charge is 0.123 e. The van der Waals surface area contributed by atoms with Crippen molar-refractivity contribution in [2.24, 2.45) is 0 Å².